The molecule has 1 heterocycles. The van der Waals surface area contributed by atoms with Crippen molar-refractivity contribution in [1.29, 1.82) is 0 Å². The molecule has 1 aliphatic heterocycles. The molecule has 1 N–H and O–H groups in total. The van der Waals surface area contributed by atoms with Crippen LogP contribution in [0.1, 0.15) is 24.8 Å². The Balaban J connectivity index is 1.85. The molecule has 3 rings (SSSR count). The molecule has 0 spiro atoms. The number of nitroso groups, excluding NO2 is 1. The molecule has 0 aliphatic carbocycles. The third-order valence-electron chi connectivity index (χ3n) is 4.43. The van der Waals surface area contributed by atoms with E-state index in [0.717, 1.165) is 17.2 Å². The van der Waals surface area contributed by atoms with Gasteiger partial charge in [-0.1, -0.05) is 48.9 Å². The summed E-state index contributed by atoms with van der Waals surface area (Å²) in [6.07, 6.45) is 1.81. The van der Waals surface area contributed by atoms with Gasteiger partial charge in [0, 0.05) is 6.54 Å². The number of rotatable bonds is 5. The van der Waals surface area contributed by atoms with Crippen molar-refractivity contribution in [3.63, 3.8) is 0 Å². The van der Waals surface area contributed by atoms with E-state index in [2.05, 4.69) is 5.29 Å². The van der Waals surface area contributed by atoms with Gasteiger partial charge in [-0.2, -0.15) is 4.31 Å². The summed E-state index contributed by atoms with van der Waals surface area (Å²) in [5, 5.41) is 4.38. The molecule has 1 aliphatic rings. The van der Waals surface area contributed by atoms with E-state index in [9.17, 15) is 18.1 Å². The van der Waals surface area contributed by atoms with E-state index in [1.165, 1.54) is 4.31 Å². The van der Waals surface area contributed by atoms with Crippen LogP contribution in [-0.2, 0) is 20.6 Å². The second kappa shape index (κ2) is 7.28. The normalized spacial score (nSPS) is 18.8. The van der Waals surface area contributed by atoms with Crippen LogP contribution in [0.3, 0.4) is 0 Å². The summed E-state index contributed by atoms with van der Waals surface area (Å²) in [6.45, 7) is 0.271. The van der Waals surface area contributed by atoms with Gasteiger partial charge >= 0.3 is 0 Å². The van der Waals surface area contributed by atoms with Crippen LogP contribution in [0, 0.1) is 4.91 Å². The Bertz CT molecular complexity index is 898. The zero-order valence-corrected chi connectivity index (χ0v) is 14.4. The van der Waals surface area contributed by atoms with Gasteiger partial charge in [0.2, 0.25) is 10.0 Å². The third-order valence-corrected chi connectivity index (χ3v) is 6.28. The zero-order chi connectivity index (χ0) is 17.9. The predicted molar refractivity (Wildman–Crippen MR) is 94.9 cm³/mol. The molecule has 0 bridgehead atoms. The first kappa shape index (κ1) is 17.5. The SMILES string of the molecule is O=NNC(=O)[C@H]1CCCCN1S(=O)(=O)Cc1ccc2ccccc2c1. The molecule has 2 aromatic carbocycles. The molecule has 0 unspecified atom stereocenters. The minimum absolute atomic E-state index is 0.184. The highest BCUT2D eigenvalue weighted by Crippen LogP contribution is 2.24. The van der Waals surface area contributed by atoms with Crippen LogP contribution in [0.2, 0.25) is 0 Å². The van der Waals surface area contributed by atoms with Gasteiger partial charge in [0.1, 0.15) is 6.04 Å². The van der Waals surface area contributed by atoms with Gasteiger partial charge in [-0.25, -0.2) is 13.8 Å². The van der Waals surface area contributed by atoms with Gasteiger partial charge in [0.25, 0.3) is 5.91 Å². The summed E-state index contributed by atoms with van der Waals surface area (Å²) in [5.41, 5.74) is 2.49. The minimum Gasteiger partial charge on any atom is -0.271 e. The van der Waals surface area contributed by atoms with Crippen LogP contribution in [0.15, 0.2) is 47.8 Å². The Morgan fingerprint density at radius 3 is 2.68 bits per heavy atom. The summed E-state index contributed by atoms with van der Waals surface area (Å²) in [6, 6.07) is 12.4. The number of nitrogens with zero attached hydrogens (tertiary/aromatic N) is 2. The second-order valence-corrected chi connectivity index (χ2v) is 8.05. The van der Waals surface area contributed by atoms with Crippen molar-refractivity contribution in [2.24, 2.45) is 5.29 Å². The van der Waals surface area contributed by atoms with Crippen molar-refractivity contribution >= 4 is 26.7 Å². The van der Waals surface area contributed by atoms with Gasteiger partial charge in [-0.05, 0) is 29.2 Å². The minimum atomic E-state index is -3.69. The fraction of sp³-hybridized carbons (Fsp3) is 0.353. The van der Waals surface area contributed by atoms with Gasteiger partial charge in [0.15, 0.2) is 0 Å². The Morgan fingerprint density at radius 2 is 1.92 bits per heavy atom. The first-order valence-corrected chi connectivity index (χ1v) is 9.71. The van der Waals surface area contributed by atoms with Crippen molar-refractivity contribution < 1.29 is 13.2 Å². The zero-order valence-electron chi connectivity index (χ0n) is 13.6. The molecule has 1 atom stereocenters. The van der Waals surface area contributed by atoms with Crippen LogP contribution in [-0.4, -0.2) is 31.2 Å². The number of benzene rings is 2. The number of piperidine rings is 1. The summed E-state index contributed by atoms with van der Waals surface area (Å²) >= 11 is 0. The highest BCUT2D eigenvalue weighted by molar-refractivity contribution is 7.88. The molecule has 7 nitrogen and oxygen atoms in total. The van der Waals surface area contributed by atoms with Gasteiger partial charge < -0.3 is 0 Å². The Morgan fingerprint density at radius 1 is 1.16 bits per heavy atom. The lowest BCUT2D eigenvalue weighted by Crippen LogP contribution is -2.51. The topological polar surface area (TPSA) is 95.9 Å². The maximum Gasteiger partial charge on any atom is 0.261 e. The molecule has 1 saturated heterocycles. The number of hydrogen-bond donors (Lipinski definition) is 1. The maximum absolute atomic E-state index is 12.8. The number of carbonyl (C=O) groups excluding carboxylic acids is 1. The van der Waals surface area contributed by atoms with Gasteiger partial charge in [0.05, 0.1) is 11.0 Å². The molecule has 0 aromatic heterocycles. The van der Waals surface area contributed by atoms with Crippen LogP contribution >= 0.6 is 0 Å². The number of fused-ring (bicyclic) bond motifs is 1. The molecular formula is C17H19N3O4S. The Hall–Kier alpha value is -2.32. The largest absolute Gasteiger partial charge is 0.271 e. The molecule has 0 radical (unpaired) electrons. The summed E-state index contributed by atoms with van der Waals surface area (Å²) in [7, 11) is -3.69. The lowest BCUT2D eigenvalue weighted by atomic mass is 10.0. The second-order valence-electron chi connectivity index (χ2n) is 6.13. The van der Waals surface area contributed by atoms with Crippen molar-refractivity contribution in [1.82, 2.24) is 9.73 Å². The lowest BCUT2D eigenvalue weighted by Gasteiger charge is -2.32. The lowest BCUT2D eigenvalue weighted by molar-refractivity contribution is -0.125. The van der Waals surface area contributed by atoms with E-state index < -0.39 is 22.0 Å². The molecule has 25 heavy (non-hydrogen) atoms. The van der Waals surface area contributed by atoms with Crippen molar-refractivity contribution in [3.8, 4) is 0 Å². The number of hydrogen-bond acceptors (Lipinski definition) is 5. The number of carbonyl (C=O) groups is 1. The Labute approximate surface area is 146 Å². The average Bonchev–Trinajstić information content (AvgIpc) is 2.61. The van der Waals surface area contributed by atoms with Crippen LogP contribution < -0.4 is 5.43 Å². The Kier molecular flexibility index (Phi) is 5.10. The van der Waals surface area contributed by atoms with Crippen molar-refractivity contribution in [3.05, 3.63) is 52.9 Å². The molecule has 1 amide bonds. The highest BCUT2D eigenvalue weighted by Gasteiger charge is 2.36. The summed E-state index contributed by atoms with van der Waals surface area (Å²) in [4.78, 5) is 22.3. The van der Waals surface area contributed by atoms with E-state index in [0.29, 0.717) is 18.4 Å². The predicted octanol–water partition coefficient (Wildman–Crippen LogP) is 2.32. The third kappa shape index (κ3) is 3.85. The van der Waals surface area contributed by atoms with E-state index >= 15 is 0 Å². The standard InChI is InChI=1S/C17H19N3O4S/c21-17(18-19-22)16-7-3-4-10-20(16)25(23,24)12-13-8-9-14-5-1-2-6-15(14)11-13/h1-2,5-6,8-9,11,16H,3-4,7,10,12H2,(H,18,21,22)/t16-/m1/s1. The van der Waals surface area contributed by atoms with E-state index in [4.69, 9.17) is 0 Å². The fourth-order valence-corrected chi connectivity index (χ4v) is 5.00. The molecule has 8 heteroatoms. The summed E-state index contributed by atoms with van der Waals surface area (Å²) < 4.78 is 26.9. The summed E-state index contributed by atoms with van der Waals surface area (Å²) in [5.74, 6) is -0.854. The van der Waals surface area contributed by atoms with Gasteiger partial charge in [-0.15, -0.1) is 4.91 Å². The quantitative estimate of drug-likeness (QED) is 0.653. The van der Waals surface area contributed by atoms with Crippen molar-refractivity contribution in [2.75, 3.05) is 6.54 Å². The smallest absolute Gasteiger partial charge is 0.261 e. The van der Waals surface area contributed by atoms with E-state index in [-0.39, 0.29) is 12.3 Å². The van der Waals surface area contributed by atoms with Crippen LogP contribution in [0.5, 0.6) is 0 Å². The molecule has 2 aromatic rings. The van der Waals surface area contributed by atoms with E-state index in [1.54, 1.807) is 6.07 Å². The molecule has 1 fully saturated rings. The number of sulfonamides is 1. The molecule has 132 valence electrons. The monoisotopic (exact) mass is 361 g/mol. The average molecular weight is 361 g/mol. The first-order chi connectivity index (χ1) is 12.0. The maximum atomic E-state index is 12.8. The fourth-order valence-electron chi connectivity index (χ4n) is 3.24. The first-order valence-electron chi connectivity index (χ1n) is 8.11. The van der Waals surface area contributed by atoms with Gasteiger partial charge in [-0.3, -0.25) is 4.79 Å². The highest BCUT2D eigenvalue weighted by atomic mass is 32.2. The number of amides is 1. The molecular weight excluding hydrogens is 342 g/mol. The van der Waals surface area contributed by atoms with Crippen LogP contribution in [0.4, 0.5) is 0 Å². The van der Waals surface area contributed by atoms with Crippen LogP contribution in [0.25, 0.3) is 10.8 Å². The van der Waals surface area contributed by atoms with E-state index in [1.807, 2.05) is 41.8 Å². The van der Waals surface area contributed by atoms with Crippen molar-refractivity contribution in [2.45, 2.75) is 31.1 Å². The number of nitrogens with one attached hydrogen (secondary N) is 1. The molecule has 0 saturated carbocycles.